The molecule has 15 heavy (non-hydrogen) atoms. The van der Waals surface area contributed by atoms with Gasteiger partial charge in [0.25, 0.3) is 0 Å². The van der Waals surface area contributed by atoms with Crippen LogP contribution < -0.4 is 5.32 Å². The fourth-order valence-corrected chi connectivity index (χ4v) is 3.14. The summed E-state index contributed by atoms with van der Waals surface area (Å²) >= 11 is 1.65. The van der Waals surface area contributed by atoms with E-state index >= 15 is 0 Å². The minimum absolute atomic E-state index is 0.0741. The Kier molecular flexibility index (Phi) is 4.31. The molecule has 1 aromatic rings. The predicted molar refractivity (Wildman–Crippen MR) is 65.2 cm³/mol. The van der Waals surface area contributed by atoms with Crippen LogP contribution in [0, 0.1) is 6.92 Å². The maximum absolute atomic E-state index is 11.3. The first kappa shape index (κ1) is 12.7. The summed E-state index contributed by atoms with van der Waals surface area (Å²) in [7, 11) is -2.94. The second-order valence-corrected chi connectivity index (χ2v) is 6.99. The molecule has 0 aliphatic heterocycles. The summed E-state index contributed by atoms with van der Waals surface area (Å²) in [6.07, 6.45) is 1.27. The van der Waals surface area contributed by atoms with Crippen LogP contribution in [0.25, 0.3) is 0 Å². The van der Waals surface area contributed by atoms with E-state index in [1.165, 1.54) is 11.1 Å². The molecule has 0 saturated heterocycles. The molecule has 0 fully saturated rings. The van der Waals surface area contributed by atoms with Crippen molar-refractivity contribution in [3.8, 4) is 0 Å². The summed E-state index contributed by atoms with van der Waals surface area (Å²) in [6, 6.07) is 1.97. The third kappa shape index (κ3) is 4.32. The lowest BCUT2D eigenvalue weighted by molar-refractivity contribution is 0.564. The standard InChI is InChI=1S/C10H17NO2S2/c1-4-11-10(7-15(3,12)13)9-5-8(2)14-6-9/h5-6,10-11H,4,7H2,1-3H3. The molecule has 0 saturated carbocycles. The van der Waals surface area contributed by atoms with Crippen molar-refractivity contribution in [1.29, 1.82) is 0 Å². The third-order valence-corrected chi connectivity index (χ3v) is 3.89. The van der Waals surface area contributed by atoms with Gasteiger partial charge in [-0.15, -0.1) is 11.3 Å². The molecule has 1 N–H and O–H groups in total. The van der Waals surface area contributed by atoms with Crippen molar-refractivity contribution in [3.63, 3.8) is 0 Å². The summed E-state index contributed by atoms with van der Waals surface area (Å²) in [5, 5.41) is 5.22. The number of nitrogens with one attached hydrogen (secondary N) is 1. The Balaban J connectivity index is 2.83. The van der Waals surface area contributed by atoms with Crippen molar-refractivity contribution in [2.45, 2.75) is 19.9 Å². The lowest BCUT2D eigenvalue weighted by atomic mass is 10.2. The molecule has 0 aromatic carbocycles. The van der Waals surface area contributed by atoms with Crippen LogP contribution in [-0.4, -0.2) is 27.0 Å². The van der Waals surface area contributed by atoms with Gasteiger partial charge in [0.2, 0.25) is 0 Å². The van der Waals surface area contributed by atoms with Crippen LogP contribution >= 0.6 is 11.3 Å². The van der Waals surface area contributed by atoms with Crippen LogP contribution in [0.15, 0.2) is 11.4 Å². The average Bonchev–Trinajstić information content (AvgIpc) is 2.48. The highest BCUT2D eigenvalue weighted by Crippen LogP contribution is 2.21. The zero-order chi connectivity index (χ0) is 11.5. The summed E-state index contributed by atoms with van der Waals surface area (Å²) in [5.74, 6) is 0.164. The summed E-state index contributed by atoms with van der Waals surface area (Å²) in [6.45, 7) is 4.78. The van der Waals surface area contributed by atoms with Crippen molar-refractivity contribution in [3.05, 3.63) is 21.9 Å². The normalized spacial score (nSPS) is 14.1. The Morgan fingerprint density at radius 2 is 2.20 bits per heavy atom. The van der Waals surface area contributed by atoms with Crippen molar-refractivity contribution in [2.75, 3.05) is 18.6 Å². The molecule has 0 amide bonds. The minimum Gasteiger partial charge on any atom is -0.309 e. The summed E-state index contributed by atoms with van der Waals surface area (Å²) in [4.78, 5) is 1.21. The molecule has 0 radical (unpaired) electrons. The highest BCUT2D eigenvalue weighted by molar-refractivity contribution is 7.90. The maximum Gasteiger partial charge on any atom is 0.149 e. The molecule has 0 bridgehead atoms. The van der Waals surface area contributed by atoms with Crippen molar-refractivity contribution < 1.29 is 8.42 Å². The molecule has 5 heteroatoms. The lowest BCUT2D eigenvalue weighted by Gasteiger charge is -2.15. The zero-order valence-corrected chi connectivity index (χ0v) is 10.9. The topological polar surface area (TPSA) is 46.2 Å². The van der Waals surface area contributed by atoms with Crippen LogP contribution in [0.2, 0.25) is 0 Å². The first-order valence-electron chi connectivity index (χ1n) is 4.88. The number of rotatable bonds is 5. The molecule has 0 aliphatic carbocycles. The van der Waals surface area contributed by atoms with Gasteiger partial charge in [-0.25, -0.2) is 8.42 Å². The number of aryl methyl sites for hydroxylation is 1. The minimum atomic E-state index is -2.94. The fourth-order valence-electron chi connectivity index (χ4n) is 1.47. The largest absolute Gasteiger partial charge is 0.309 e. The molecular formula is C10H17NO2S2. The summed E-state index contributed by atoms with van der Waals surface area (Å²) < 4.78 is 22.5. The first-order valence-corrected chi connectivity index (χ1v) is 7.82. The zero-order valence-electron chi connectivity index (χ0n) is 9.28. The van der Waals surface area contributed by atoms with Gasteiger partial charge in [0.15, 0.2) is 0 Å². The van der Waals surface area contributed by atoms with E-state index in [9.17, 15) is 8.42 Å². The molecule has 1 atom stereocenters. The first-order chi connectivity index (χ1) is 6.92. The van der Waals surface area contributed by atoms with E-state index in [1.54, 1.807) is 11.3 Å². The van der Waals surface area contributed by atoms with Gasteiger partial charge >= 0.3 is 0 Å². The van der Waals surface area contributed by atoms with E-state index in [0.29, 0.717) is 0 Å². The van der Waals surface area contributed by atoms with E-state index in [2.05, 4.69) is 5.32 Å². The highest BCUT2D eigenvalue weighted by Gasteiger charge is 2.17. The Morgan fingerprint density at radius 3 is 2.60 bits per heavy atom. The van der Waals surface area contributed by atoms with Crippen LogP contribution in [0.3, 0.4) is 0 Å². The van der Waals surface area contributed by atoms with Gasteiger partial charge in [0.05, 0.1) is 5.75 Å². The van der Waals surface area contributed by atoms with Gasteiger partial charge < -0.3 is 5.32 Å². The lowest BCUT2D eigenvalue weighted by Crippen LogP contribution is -2.27. The molecule has 0 aliphatic rings. The molecule has 1 aromatic heterocycles. The van der Waals surface area contributed by atoms with Gasteiger partial charge in [-0.2, -0.15) is 0 Å². The van der Waals surface area contributed by atoms with Crippen molar-refractivity contribution in [1.82, 2.24) is 5.32 Å². The number of thiophene rings is 1. The monoisotopic (exact) mass is 247 g/mol. The van der Waals surface area contributed by atoms with E-state index in [1.807, 2.05) is 25.3 Å². The Bertz CT molecular complexity index is 409. The quantitative estimate of drug-likeness (QED) is 0.862. The van der Waals surface area contributed by atoms with E-state index in [0.717, 1.165) is 12.1 Å². The highest BCUT2D eigenvalue weighted by atomic mass is 32.2. The average molecular weight is 247 g/mol. The molecule has 1 unspecified atom stereocenters. The third-order valence-electron chi connectivity index (χ3n) is 2.07. The SMILES string of the molecule is CCNC(CS(C)(=O)=O)c1csc(C)c1. The molecule has 3 nitrogen and oxygen atoms in total. The molecular weight excluding hydrogens is 230 g/mol. The molecule has 1 rings (SSSR count). The number of hydrogen-bond acceptors (Lipinski definition) is 4. The van der Waals surface area contributed by atoms with Gasteiger partial charge in [0, 0.05) is 17.2 Å². The van der Waals surface area contributed by atoms with E-state index in [4.69, 9.17) is 0 Å². The van der Waals surface area contributed by atoms with Crippen LogP contribution in [0.4, 0.5) is 0 Å². The predicted octanol–water partition coefficient (Wildman–Crippen LogP) is 1.75. The van der Waals surface area contributed by atoms with E-state index < -0.39 is 9.84 Å². The molecule has 0 spiro atoms. The second-order valence-electron chi connectivity index (χ2n) is 3.69. The number of sulfone groups is 1. The van der Waals surface area contributed by atoms with E-state index in [-0.39, 0.29) is 11.8 Å². The van der Waals surface area contributed by atoms with Gasteiger partial charge in [-0.05, 0) is 30.5 Å². The number of hydrogen-bond donors (Lipinski definition) is 1. The fraction of sp³-hybridized carbons (Fsp3) is 0.600. The van der Waals surface area contributed by atoms with Crippen molar-refractivity contribution >= 4 is 21.2 Å². The van der Waals surface area contributed by atoms with Crippen LogP contribution in [0.1, 0.15) is 23.4 Å². The smallest absolute Gasteiger partial charge is 0.149 e. The van der Waals surface area contributed by atoms with Gasteiger partial charge in [-0.3, -0.25) is 0 Å². The van der Waals surface area contributed by atoms with Crippen LogP contribution in [0.5, 0.6) is 0 Å². The Hall–Kier alpha value is -0.390. The Labute approximate surface area is 95.4 Å². The molecule has 86 valence electrons. The van der Waals surface area contributed by atoms with Crippen LogP contribution in [-0.2, 0) is 9.84 Å². The summed E-state index contributed by atoms with van der Waals surface area (Å²) in [5.41, 5.74) is 1.07. The van der Waals surface area contributed by atoms with Gasteiger partial charge in [-0.1, -0.05) is 6.92 Å². The maximum atomic E-state index is 11.3. The van der Waals surface area contributed by atoms with Crippen molar-refractivity contribution in [2.24, 2.45) is 0 Å². The van der Waals surface area contributed by atoms with Gasteiger partial charge in [0.1, 0.15) is 9.84 Å². The molecule has 1 heterocycles. The Morgan fingerprint density at radius 1 is 1.53 bits per heavy atom. The second kappa shape index (κ2) is 5.09.